The lowest BCUT2D eigenvalue weighted by Gasteiger charge is -2.08. The van der Waals surface area contributed by atoms with E-state index in [1.165, 1.54) is 5.56 Å². The lowest BCUT2D eigenvalue weighted by atomic mass is 9.98. The first-order valence-electron chi connectivity index (χ1n) is 10.5. The molecule has 1 N–H and O–H groups in total. The summed E-state index contributed by atoms with van der Waals surface area (Å²) in [6.45, 7) is 2.97. The van der Waals surface area contributed by atoms with E-state index in [0.717, 1.165) is 47.7 Å². The molecule has 4 aromatic rings. The molecule has 0 atom stereocenters. The first-order valence-corrected chi connectivity index (χ1v) is 10.5. The molecule has 1 aromatic heterocycles. The number of carboxylic acids is 1. The van der Waals surface area contributed by atoms with Crippen LogP contribution in [0.2, 0.25) is 0 Å². The van der Waals surface area contributed by atoms with Crippen LogP contribution in [0, 0.1) is 0 Å². The SMILES string of the molecule is CCCn1nc(Cc2ccccc2)nc1Cc1ccc(-c2ccccc2C(=O)O)cc1. The monoisotopic (exact) mass is 411 g/mol. The highest BCUT2D eigenvalue weighted by Gasteiger charge is 2.13. The van der Waals surface area contributed by atoms with E-state index >= 15 is 0 Å². The highest BCUT2D eigenvalue weighted by Crippen LogP contribution is 2.24. The van der Waals surface area contributed by atoms with Gasteiger partial charge in [0.15, 0.2) is 5.82 Å². The molecule has 0 aliphatic carbocycles. The number of carbonyl (C=O) groups is 1. The standard InChI is InChI=1S/C26H25N3O2/c1-2-16-29-25(27-24(28-29)17-19-8-4-3-5-9-19)18-20-12-14-21(15-13-20)22-10-6-7-11-23(22)26(30)31/h3-15H,2,16-18H2,1H3,(H,30,31). The summed E-state index contributed by atoms with van der Waals surface area (Å²) < 4.78 is 2.01. The van der Waals surface area contributed by atoms with Gasteiger partial charge in [0.05, 0.1) is 5.56 Å². The summed E-state index contributed by atoms with van der Waals surface area (Å²) in [7, 11) is 0. The number of hydrogen-bond acceptors (Lipinski definition) is 3. The fourth-order valence-corrected chi connectivity index (χ4v) is 3.71. The summed E-state index contributed by atoms with van der Waals surface area (Å²) in [6.07, 6.45) is 2.39. The van der Waals surface area contributed by atoms with Crippen molar-refractivity contribution in [1.29, 1.82) is 0 Å². The molecule has 0 unspecified atom stereocenters. The van der Waals surface area contributed by atoms with Gasteiger partial charge in [-0.15, -0.1) is 0 Å². The summed E-state index contributed by atoms with van der Waals surface area (Å²) in [5.74, 6) is 0.867. The minimum atomic E-state index is -0.918. The Kier molecular flexibility index (Phi) is 6.22. The van der Waals surface area contributed by atoms with Gasteiger partial charge >= 0.3 is 5.97 Å². The van der Waals surface area contributed by atoms with E-state index in [4.69, 9.17) is 10.1 Å². The lowest BCUT2D eigenvalue weighted by Crippen LogP contribution is -2.06. The van der Waals surface area contributed by atoms with Gasteiger partial charge < -0.3 is 5.11 Å². The van der Waals surface area contributed by atoms with E-state index in [2.05, 4.69) is 19.1 Å². The Balaban J connectivity index is 1.56. The number of hydrogen-bond donors (Lipinski definition) is 1. The number of aromatic carboxylic acids is 1. The molecule has 31 heavy (non-hydrogen) atoms. The summed E-state index contributed by atoms with van der Waals surface area (Å²) in [5.41, 5.74) is 4.24. The summed E-state index contributed by atoms with van der Waals surface area (Å²) >= 11 is 0. The molecular formula is C26H25N3O2. The number of aromatic nitrogens is 3. The molecule has 156 valence electrons. The average Bonchev–Trinajstić information content (AvgIpc) is 3.16. The van der Waals surface area contributed by atoms with Gasteiger partial charge in [0, 0.05) is 19.4 Å². The molecule has 0 spiro atoms. The molecule has 0 aliphatic heterocycles. The Morgan fingerprint density at radius 3 is 2.26 bits per heavy atom. The first-order chi connectivity index (χ1) is 15.1. The molecule has 0 aliphatic rings. The normalized spacial score (nSPS) is 10.9. The molecule has 5 nitrogen and oxygen atoms in total. The van der Waals surface area contributed by atoms with E-state index in [1.807, 2.05) is 59.3 Å². The predicted molar refractivity (Wildman–Crippen MR) is 121 cm³/mol. The van der Waals surface area contributed by atoms with Gasteiger partial charge in [-0.05, 0) is 34.7 Å². The summed E-state index contributed by atoms with van der Waals surface area (Å²) in [6, 6.07) is 25.4. The second-order valence-corrected chi connectivity index (χ2v) is 7.55. The third-order valence-corrected chi connectivity index (χ3v) is 5.22. The van der Waals surface area contributed by atoms with Crippen molar-refractivity contribution in [3.05, 3.63) is 107 Å². The number of benzene rings is 3. The summed E-state index contributed by atoms with van der Waals surface area (Å²) in [4.78, 5) is 16.3. The zero-order valence-electron chi connectivity index (χ0n) is 17.5. The molecule has 5 heteroatoms. The molecule has 4 rings (SSSR count). The molecule has 0 radical (unpaired) electrons. The third kappa shape index (κ3) is 4.89. The highest BCUT2D eigenvalue weighted by atomic mass is 16.4. The minimum absolute atomic E-state index is 0.309. The van der Waals surface area contributed by atoms with Crippen molar-refractivity contribution in [1.82, 2.24) is 14.8 Å². The number of rotatable bonds is 8. The van der Waals surface area contributed by atoms with Crippen LogP contribution in [0.15, 0.2) is 78.9 Å². The van der Waals surface area contributed by atoms with E-state index in [-0.39, 0.29) is 0 Å². The number of nitrogens with zero attached hydrogens (tertiary/aromatic N) is 3. The minimum Gasteiger partial charge on any atom is -0.478 e. The van der Waals surface area contributed by atoms with E-state index < -0.39 is 5.97 Å². The van der Waals surface area contributed by atoms with Crippen LogP contribution in [-0.4, -0.2) is 25.8 Å². The van der Waals surface area contributed by atoms with E-state index in [9.17, 15) is 9.90 Å². The van der Waals surface area contributed by atoms with E-state index in [0.29, 0.717) is 12.0 Å². The van der Waals surface area contributed by atoms with Crippen molar-refractivity contribution in [2.75, 3.05) is 0 Å². The van der Waals surface area contributed by atoms with Crippen LogP contribution in [0.1, 0.15) is 46.5 Å². The van der Waals surface area contributed by atoms with Gasteiger partial charge in [0.25, 0.3) is 0 Å². The van der Waals surface area contributed by atoms with Crippen LogP contribution in [-0.2, 0) is 19.4 Å². The van der Waals surface area contributed by atoms with Crippen molar-refractivity contribution in [2.24, 2.45) is 0 Å². The van der Waals surface area contributed by atoms with Crippen molar-refractivity contribution in [3.8, 4) is 11.1 Å². The molecule has 3 aromatic carbocycles. The van der Waals surface area contributed by atoms with Gasteiger partial charge in [-0.3, -0.25) is 0 Å². The van der Waals surface area contributed by atoms with Gasteiger partial charge in [0.1, 0.15) is 5.82 Å². The van der Waals surface area contributed by atoms with Crippen LogP contribution in [0.3, 0.4) is 0 Å². The molecule has 0 fully saturated rings. The van der Waals surface area contributed by atoms with Crippen LogP contribution < -0.4 is 0 Å². The maximum Gasteiger partial charge on any atom is 0.336 e. The Morgan fingerprint density at radius 2 is 1.55 bits per heavy atom. The Labute approximate surface area is 182 Å². The first kappa shape index (κ1) is 20.5. The van der Waals surface area contributed by atoms with Crippen molar-refractivity contribution in [3.63, 3.8) is 0 Å². The zero-order valence-corrected chi connectivity index (χ0v) is 17.5. The molecule has 0 saturated carbocycles. The average molecular weight is 412 g/mol. The Hall–Kier alpha value is -3.73. The van der Waals surface area contributed by atoms with Crippen LogP contribution in [0.5, 0.6) is 0 Å². The van der Waals surface area contributed by atoms with E-state index in [1.54, 1.807) is 12.1 Å². The van der Waals surface area contributed by atoms with Crippen LogP contribution in [0.25, 0.3) is 11.1 Å². The third-order valence-electron chi connectivity index (χ3n) is 5.22. The van der Waals surface area contributed by atoms with Crippen LogP contribution in [0.4, 0.5) is 0 Å². The van der Waals surface area contributed by atoms with Crippen LogP contribution >= 0.6 is 0 Å². The number of carboxylic acid groups (broad SMARTS) is 1. The molecule has 0 saturated heterocycles. The number of aryl methyl sites for hydroxylation is 1. The molecule has 0 bridgehead atoms. The van der Waals surface area contributed by atoms with Gasteiger partial charge in [-0.25, -0.2) is 14.5 Å². The van der Waals surface area contributed by atoms with Crippen molar-refractivity contribution in [2.45, 2.75) is 32.7 Å². The molecule has 0 amide bonds. The van der Waals surface area contributed by atoms with Crippen molar-refractivity contribution >= 4 is 5.97 Å². The quantitative estimate of drug-likeness (QED) is 0.431. The fraction of sp³-hybridized carbons (Fsp3) is 0.192. The smallest absolute Gasteiger partial charge is 0.336 e. The molecular weight excluding hydrogens is 386 g/mol. The largest absolute Gasteiger partial charge is 0.478 e. The topological polar surface area (TPSA) is 68.0 Å². The van der Waals surface area contributed by atoms with Crippen molar-refractivity contribution < 1.29 is 9.90 Å². The highest BCUT2D eigenvalue weighted by molar-refractivity contribution is 5.95. The second kappa shape index (κ2) is 9.39. The van der Waals surface area contributed by atoms with Gasteiger partial charge in [0.2, 0.25) is 0 Å². The lowest BCUT2D eigenvalue weighted by molar-refractivity contribution is 0.0697. The molecule has 1 heterocycles. The fourth-order valence-electron chi connectivity index (χ4n) is 3.71. The second-order valence-electron chi connectivity index (χ2n) is 7.55. The Bertz CT molecular complexity index is 1160. The maximum absolute atomic E-state index is 11.5. The Morgan fingerprint density at radius 1 is 0.871 bits per heavy atom. The maximum atomic E-state index is 11.5. The predicted octanol–water partition coefficient (Wildman–Crippen LogP) is 5.23. The zero-order chi connectivity index (χ0) is 21.6. The van der Waals surface area contributed by atoms with Gasteiger partial charge in [-0.1, -0.05) is 79.7 Å². The van der Waals surface area contributed by atoms with Gasteiger partial charge in [-0.2, -0.15) is 5.10 Å². The summed E-state index contributed by atoms with van der Waals surface area (Å²) in [5, 5.41) is 14.2.